The number of amides is 1. The van der Waals surface area contributed by atoms with Crippen LogP contribution in [-0.2, 0) is 4.79 Å². The van der Waals surface area contributed by atoms with Crippen molar-refractivity contribution in [2.24, 2.45) is 11.8 Å². The zero-order valence-corrected chi connectivity index (χ0v) is 11.3. The molecule has 3 aliphatic rings. The fourth-order valence-electron chi connectivity index (χ4n) is 3.70. The summed E-state index contributed by atoms with van der Waals surface area (Å²) in [7, 11) is 0. The summed E-state index contributed by atoms with van der Waals surface area (Å²) in [5.41, 5.74) is 0. The zero-order chi connectivity index (χ0) is 12.5. The maximum absolute atomic E-state index is 11.7. The normalized spacial score (nSPS) is 35.7. The summed E-state index contributed by atoms with van der Waals surface area (Å²) in [6.07, 6.45) is 4.26. The molecule has 2 saturated heterocycles. The average Bonchev–Trinajstić information content (AvgIpc) is 2.93. The molecule has 4 heteroatoms. The highest BCUT2D eigenvalue weighted by Gasteiger charge is 2.42. The third-order valence-corrected chi connectivity index (χ3v) is 4.81. The molecule has 4 nitrogen and oxygen atoms in total. The van der Waals surface area contributed by atoms with Gasteiger partial charge in [-0.15, -0.1) is 0 Å². The Hall–Kier alpha value is -0.610. The van der Waals surface area contributed by atoms with E-state index in [0.29, 0.717) is 18.5 Å². The lowest BCUT2D eigenvalue weighted by Crippen LogP contribution is -2.38. The van der Waals surface area contributed by atoms with E-state index in [4.69, 9.17) is 0 Å². The van der Waals surface area contributed by atoms with Crippen LogP contribution in [-0.4, -0.2) is 49.1 Å². The van der Waals surface area contributed by atoms with E-state index in [0.717, 1.165) is 18.4 Å². The highest BCUT2D eigenvalue weighted by molar-refractivity contribution is 5.76. The van der Waals surface area contributed by atoms with Crippen LogP contribution in [0, 0.1) is 11.8 Å². The molecule has 3 unspecified atom stereocenters. The lowest BCUT2D eigenvalue weighted by molar-refractivity contribution is -0.121. The van der Waals surface area contributed by atoms with Crippen LogP contribution in [0.5, 0.6) is 0 Å². The largest absolute Gasteiger partial charge is 0.353 e. The topological polar surface area (TPSA) is 44.4 Å². The number of nitrogens with one attached hydrogen (secondary N) is 2. The predicted molar refractivity (Wildman–Crippen MR) is 71.3 cm³/mol. The summed E-state index contributed by atoms with van der Waals surface area (Å²) in [4.78, 5) is 14.3. The second kappa shape index (κ2) is 5.17. The minimum absolute atomic E-state index is 0.252. The number of nitrogens with zero attached hydrogens (tertiary/aromatic N) is 1. The molecule has 0 spiro atoms. The molecular weight excluding hydrogens is 226 g/mol. The number of rotatable bonds is 5. The first-order valence-corrected chi connectivity index (χ1v) is 7.52. The van der Waals surface area contributed by atoms with E-state index in [-0.39, 0.29) is 5.91 Å². The van der Waals surface area contributed by atoms with E-state index < -0.39 is 0 Å². The van der Waals surface area contributed by atoms with Crippen molar-refractivity contribution in [3.8, 4) is 0 Å². The van der Waals surface area contributed by atoms with E-state index in [9.17, 15) is 4.79 Å². The second-order valence-corrected chi connectivity index (χ2v) is 6.14. The van der Waals surface area contributed by atoms with Gasteiger partial charge in [0.05, 0.1) is 0 Å². The molecule has 102 valence electrons. The van der Waals surface area contributed by atoms with Gasteiger partial charge in [-0.05, 0) is 44.2 Å². The molecule has 2 heterocycles. The van der Waals surface area contributed by atoms with Crippen molar-refractivity contribution in [3.05, 3.63) is 0 Å². The minimum Gasteiger partial charge on any atom is -0.353 e. The second-order valence-electron chi connectivity index (χ2n) is 6.14. The van der Waals surface area contributed by atoms with E-state index in [2.05, 4.69) is 22.5 Å². The molecular formula is C14H25N3O. The lowest BCUT2D eigenvalue weighted by atomic mass is 9.93. The summed E-state index contributed by atoms with van der Waals surface area (Å²) in [6, 6.07) is 1.19. The van der Waals surface area contributed by atoms with Crippen LogP contribution in [0.15, 0.2) is 0 Å². The van der Waals surface area contributed by atoms with Crippen molar-refractivity contribution in [1.29, 1.82) is 0 Å². The Morgan fingerprint density at radius 1 is 1.39 bits per heavy atom. The Bertz CT molecular complexity index is 316. The number of hydrogen-bond donors (Lipinski definition) is 2. The fourth-order valence-corrected chi connectivity index (χ4v) is 3.70. The molecule has 2 N–H and O–H groups in total. The Labute approximate surface area is 109 Å². The van der Waals surface area contributed by atoms with Gasteiger partial charge >= 0.3 is 0 Å². The van der Waals surface area contributed by atoms with Crippen LogP contribution in [0.1, 0.15) is 32.6 Å². The Kier molecular flexibility index (Phi) is 3.57. The molecule has 1 aliphatic carbocycles. The highest BCUT2D eigenvalue weighted by atomic mass is 16.1. The molecule has 0 radical (unpaired) electrons. The van der Waals surface area contributed by atoms with E-state index >= 15 is 0 Å². The molecule has 3 rings (SSSR count). The van der Waals surface area contributed by atoms with Gasteiger partial charge < -0.3 is 10.6 Å². The quantitative estimate of drug-likeness (QED) is 0.751. The van der Waals surface area contributed by atoms with Gasteiger partial charge in [-0.1, -0.05) is 6.92 Å². The van der Waals surface area contributed by atoms with Gasteiger partial charge in [0.2, 0.25) is 5.91 Å². The van der Waals surface area contributed by atoms with Crippen molar-refractivity contribution in [2.75, 3.05) is 26.2 Å². The van der Waals surface area contributed by atoms with E-state index in [1.54, 1.807) is 0 Å². The molecule has 1 amide bonds. The number of fused-ring (bicyclic) bond motifs is 1. The molecule has 0 aromatic rings. The first-order chi connectivity index (χ1) is 8.78. The molecule has 18 heavy (non-hydrogen) atoms. The molecule has 2 aliphatic heterocycles. The van der Waals surface area contributed by atoms with Crippen molar-refractivity contribution < 1.29 is 4.79 Å². The number of carbonyl (C=O) groups excluding carboxylic acids is 1. The van der Waals surface area contributed by atoms with E-state index in [1.807, 2.05) is 0 Å². The maximum atomic E-state index is 11.7. The summed E-state index contributed by atoms with van der Waals surface area (Å²) in [5, 5.41) is 6.59. The van der Waals surface area contributed by atoms with Crippen LogP contribution in [0.4, 0.5) is 0 Å². The third-order valence-electron chi connectivity index (χ3n) is 4.81. The maximum Gasteiger partial charge on any atom is 0.221 e. The first kappa shape index (κ1) is 12.4. The Balaban J connectivity index is 1.48. The Morgan fingerprint density at radius 3 is 2.94 bits per heavy atom. The standard InChI is InChI=1S/C14H25N3O/c1-2-13-12-8-15-7-10(12)9-17(13)6-5-14(18)16-11-3-4-11/h10-13,15H,2-9H2,1H3,(H,16,18). The zero-order valence-electron chi connectivity index (χ0n) is 11.3. The van der Waals surface area contributed by atoms with Crippen LogP contribution in [0.3, 0.4) is 0 Å². The molecule has 0 bridgehead atoms. The summed E-state index contributed by atoms with van der Waals surface area (Å²) < 4.78 is 0. The van der Waals surface area contributed by atoms with Gasteiger partial charge in [-0.25, -0.2) is 0 Å². The summed E-state index contributed by atoms with van der Waals surface area (Å²) >= 11 is 0. The van der Waals surface area contributed by atoms with Gasteiger partial charge in [-0.3, -0.25) is 9.69 Å². The van der Waals surface area contributed by atoms with Crippen LogP contribution in [0.25, 0.3) is 0 Å². The fraction of sp³-hybridized carbons (Fsp3) is 0.929. The van der Waals surface area contributed by atoms with Gasteiger partial charge in [0.1, 0.15) is 0 Å². The highest BCUT2D eigenvalue weighted by Crippen LogP contribution is 2.34. The number of carbonyl (C=O) groups is 1. The Morgan fingerprint density at radius 2 is 2.22 bits per heavy atom. The summed E-state index contributed by atoms with van der Waals surface area (Å²) in [5.74, 6) is 1.89. The van der Waals surface area contributed by atoms with Crippen LogP contribution < -0.4 is 10.6 Å². The van der Waals surface area contributed by atoms with Crippen molar-refractivity contribution in [3.63, 3.8) is 0 Å². The summed E-state index contributed by atoms with van der Waals surface area (Å²) in [6.45, 7) is 6.76. The van der Waals surface area contributed by atoms with Crippen molar-refractivity contribution >= 4 is 5.91 Å². The number of likely N-dealkylation sites (tertiary alicyclic amines) is 1. The lowest BCUT2D eigenvalue weighted by Gasteiger charge is -2.26. The first-order valence-electron chi connectivity index (χ1n) is 7.52. The van der Waals surface area contributed by atoms with Gasteiger partial charge in [0.15, 0.2) is 0 Å². The monoisotopic (exact) mass is 251 g/mol. The number of hydrogen-bond acceptors (Lipinski definition) is 3. The van der Waals surface area contributed by atoms with Gasteiger partial charge in [0.25, 0.3) is 0 Å². The molecule has 0 aromatic heterocycles. The predicted octanol–water partition coefficient (Wildman–Crippen LogP) is 0.585. The average molecular weight is 251 g/mol. The molecule has 0 aromatic carbocycles. The van der Waals surface area contributed by atoms with E-state index in [1.165, 1.54) is 38.9 Å². The SMILES string of the molecule is CCC1C2CNCC2CN1CCC(=O)NC1CC1. The van der Waals surface area contributed by atoms with Crippen molar-refractivity contribution in [1.82, 2.24) is 15.5 Å². The van der Waals surface area contributed by atoms with Crippen molar-refractivity contribution in [2.45, 2.75) is 44.7 Å². The minimum atomic E-state index is 0.252. The van der Waals surface area contributed by atoms with Gasteiger partial charge in [-0.2, -0.15) is 0 Å². The third kappa shape index (κ3) is 2.54. The molecule has 3 fully saturated rings. The van der Waals surface area contributed by atoms with Crippen LogP contribution >= 0.6 is 0 Å². The van der Waals surface area contributed by atoms with Gasteiger partial charge in [0, 0.05) is 31.6 Å². The smallest absolute Gasteiger partial charge is 0.221 e. The van der Waals surface area contributed by atoms with Crippen LogP contribution in [0.2, 0.25) is 0 Å². The molecule has 3 atom stereocenters. The molecule has 1 saturated carbocycles.